The highest BCUT2D eigenvalue weighted by Crippen LogP contribution is 2.33. The van der Waals surface area contributed by atoms with Crippen LogP contribution in [0.2, 0.25) is 0 Å². The highest BCUT2D eigenvalue weighted by molar-refractivity contribution is 5.23. The summed E-state index contributed by atoms with van der Waals surface area (Å²) in [6.45, 7) is 5.68. The Morgan fingerprint density at radius 1 is 1.10 bits per heavy atom. The second-order valence-corrected chi connectivity index (χ2v) is 6.70. The van der Waals surface area contributed by atoms with E-state index in [0.717, 1.165) is 12.0 Å². The zero-order valence-electron chi connectivity index (χ0n) is 12.9. The van der Waals surface area contributed by atoms with Gasteiger partial charge in [-0.25, -0.2) is 0 Å². The summed E-state index contributed by atoms with van der Waals surface area (Å²) < 4.78 is 0. The molecular formula is C18H28N2. The van der Waals surface area contributed by atoms with Crippen LogP contribution in [0.5, 0.6) is 0 Å². The van der Waals surface area contributed by atoms with Crippen LogP contribution in [-0.4, -0.2) is 18.6 Å². The van der Waals surface area contributed by atoms with E-state index in [1.165, 1.54) is 49.8 Å². The molecular weight excluding hydrogens is 244 g/mol. The topological polar surface area (TPSA) is 24.1 Å². The molecule has 2 heteroatoms. The van der Waals surface area contributed by atoms with E-state index in [4.69, 9.17) is 0 Å². The van der Waals surface area contributed by atoms with E-state index in [1.807, 2.05) is 0 Å². The first-order chi connectivity index (χ1) is 9.74. The van der Waals surface area contributed by atoms with Crippen LogP contribution < -0.4 is 10.6 Å². The van der Waals surface area contributed by atoms with Gasteiger partial charge in [0.05, 0.1) is 0 Å². The van der Waals surface area contributed by atoms with Crippen LogP contribution in [0.3, 0.4) is 0 Å². The first-order valence-corrected chi connectivity index (χ1v) is 8.30. The Morgan fingerprint density at radius 2 is 1.90 bits per heavy atom. The molecule has 1 aliphatic carbocycles. The molecule has 0 aromatic heterocycles. The number of rotatable bonds is 4. The van der Waals surface area contributed by atoms with E-state index >= 15 is 0 Å². The van der Waals surface area contributed by atoms with E-state index in [-0.39, 0.29) is 0 Å². The fourth-order valence-corrected chi connectivity index (χ4v) is 4.03. The molecule has 1 aliphatic heterocycles. The van der Waals surface area contributed by atoms with Gasteiger partial charge in [0.25, 0.3) is 0 Å². The second-order valence-electron chi connectivity index (χ2n) is 6.70. The van der Waals surface area contributed by atoms with Crippen molar-refractivity contribution in [1.82, 2.24) is 10.6 Å². The molecule has 2 aliphatic rings. The molecule has 1 aromatic carbocycles. The third-order valence-corrected chi connectivity index (χ3v) is 5.23. The molecule has 3 unspecified atom stereocenters. The van der Waals surface area contributed by atoms with Gasteiger partial charge in [0, 0.05) is 18.1 Å². The lowest BCUT2D eigenvalue weighted by Gasteiger charge is -2.29. The number of hydrogen-bond acceptors (Lipinski definition) is 2. The average Bonchev–Trinajstić information content (AvgIpc) is 3.09. The summed E-state index contributed by atoms with van der Waals surface area (Å²) in [6, 6.07) is 10.9. The van der Waals surface area contributed by atoms with Crippen LogP contribution in [0.25, 0.3) is 0 Å². The third-order valence-electron chi connectivity index (χ3n) is 5.23. The van der Waals surface area contributed by atoms with Gasteiger partial charge in [0.1, 0.15) is 0 Å². The summed E-state index contributed by atoms with van der Waals surface area (Å²) in [5, 5.41) is 7.61. The zero-order valence-corrected chi connectivity index (χ0v) is 12.9. The standard InChI is InChI=1S/C18H28N2/c1-13-8-10-15(11-9-13)14(2)20-18-6-3-5-16(18)17-7-4-12-19-17/h8-11,14,16-20H,3-7,12H2,1-2H3/t14-,16?,17?,18?/m0/s1. The lowest BCUT2D eigenvalue weighted by molar-refractivity contribution is 0.303. The number of aryl methyl sites for hydroxylation is 1. The first kappa shape index (κ1) is 14.1. The van der Waals surface area contributed by atoms with Gasteiger partial charge < -0.3 is 10.6 Å². The summed E-state index contributed by atoms with van der Waals surface area (Å²) in [6.07, 6.45) is 6.87. The summed E-state index contributed by atoms with van der Waals surface area (Å²) in [5.41, 5.74) is 2.76. The Labute approximate surface area is 123 Å². The SMILES string of the molecule is Cc1ccc([C@H](C)NC2CCCC2C2CCCN2)cc1. The Hall–Kier alpha value is -0.860. The van der Waals surface area contributed by atoms with Gasteiger partial charge in [-0.15, -0.1) is 0 Å². The first-order valence-electron chi connectivity index (χ1n) is 8.30. The quantitative estimate of drug-likeness (QED) is 0.875. The molecule has 0 bridgehead atoms. The lowest BCUT2D eigenvalue weighted by Crippen LogP contribution is -2.42. The van der Waals surface area contributed by atoms with Crippen LogP contribution >= 0.6 is 0 Å². The maximum absolute atomic E-state index is 3.90. The largest absolute Gasteiger partial charge is 0.314 e. The molecule has 4 atom stereocenters. The summed E-state index contributed by atoms with van der Waals surface area (Å²) >= 11 is 0. The molecule has 3 rings (SSSR count). The van der Waals surface area contributed by atoms with Crippen molar-refractivity contribution in [2.75, 3.05) is 6.54 Å². The highest BCUT2D eigenvalue weighted by Gasteiger charge is 2.35. The minimum atomic E-state index is 0.461. The van der Waals surface area contributed by atoms with Crippen LogP contribution in [0.1, 0.15) is 56.2 Å². The third kappa shape index (κ3) is 3.07. The van der Waals surface area contributed by atoms with Gasteiger partial charge in [-0.2, -0.15) is 0 Å². The molecule has 2 nitrogen and oxygen atoms in total. The van der Waals surface area contributed by atoms with Crippen molar-refractivity contribution in [3.05, 3.63) is 35.4 Å². The number of hydrogen-bond donors (Lipinski definition) is 2. The second kappa shape index (κ2) is 6.28. The Balaban J connectivity index is 1.62. The summed E-state index contributed by atoms with van der Waals surface area (Å²) in [7, 11) is 0. The summed E-state index contributed by atoms with van der Waals surface area (Å²) in [5.74, 6) is 0.838. The van der Waals surface area contributed by atoms with Gasteiger partial charge in [-0.3, -0.25) is 0 Å². The smallest absolute Gasteiger partial charge is 0.0294 e. The van der Waals surface area contributed by atoms with Crippen molar-refractivity contribution in [2.24, 2.45) is 5.92 Å². The molecule has 0 spiro atoms. The van der Waals surface area contributed by atoms with E-state index in [0.29, 0.717) is 12.1 Å². The van der Waals surface area contributed by atoms with Crippen molar-refractivity contribution in [1.29, 1.82) is 0 Å². The fraction of sp³-hybridized carbons (Fsp3) is 0.667. The van der Waals surface area contributed by atoms with Gasteiger partial charge in [0.2, 0.25) is 0 Å². The van der Waals surface area contributed by atoms with Crippen molar-refractivity contribution in [3.8, 4) is 0 Å². The maximum Gasteiger partial charge on any atom is 0.0294 e. The van der Waals surface area contributed by atoms with E-state index in [9.17, 15) is 0 Å². The van der Waals surface area contributed by atoms with Crippen molar-refractivity contribution in [2.45, 2.75) is 64.1 Å². The molecule has 1 heterocycles. The fourth-order valence-electron chi connectivity index (χ4n) is 4.03. The molecule has 1 aromatic rings. The van der Waals surface area contributed by atoms with Gasteiger partial charge >= 0.3 is 0 Å². The normalized spacial score (nSPS) is 31.6. The molecule has 1 saturated heterocycles. The highest BCUT2D eigenvalue weighted by atomic mass is 15.0. The van der Waals surface area contributed by atoms with E-state index in [1.54, 1.807) is 0 Å². The van der Waals surface area contributed by atoms with Crippen LogP contribution in [-0.2, 0) is 0 Å². The monoisotopic (exact) mass is 272 g/mol. The Bertz CT molecular complexity index is 420. The van der Waals surface area contributed by atoms with Gasteiger partial charge in [-0.05, 0) is 57.6 Å². The van der Waals surface area contributed by atoms with Gasteiger partial charge in [-0.1, -0.05) is 36.2 Å². The van der Waals surface area contributed by atoms with Crippen molar-refractivity contribution >= 4 is 0 Å². The summed E-state index contributed by atoms with van der Waals surface area (Å²) in [4.78, 5) is 0. The molecule has 0 amide bonds. The average molecular weight is 272 g/mol. The number of benzene rings is 1. The van der Waals surface area contributed by atoms with Crippen molar-refractivity contribution in [3.63, 3.8) is 0 Å². The van der Waals surface area contributed by atoms with Gasteiger partial charge in [0.15, 0.2) is 0 Å². The predicted molar refractivity (Wildman–Crippen MR) is 84.9 cm³/mol. The van der Waals surface area contributed by atoms with Crippen molar-refractivity contribution < 1.29 is 0 Å². The predicted octanol–water partition coefficient (Wildman–Crippen LogP) is 3.57. The minimum absolute atomic E-state index is 0.461. The van der Waals surface area contributed by atoms with Crippen LogP contribution in [0, 0.1) is 12.8 Å². The molecule has 1 saturated carbocycles. The lowest BCUT2D eigenvalue weighted by atomic mass is 9.92. The molecule has 20 heavy (non-hydrogen) atoms. The number of nitrogens with one attached hydrogen (secondary N) is 2. The molecule has 2 fully saturated rings. The molecule has 110 valence electrons. The Kier molecular flexibility index (Phi) is 4.42. The Morgan fingerprint density at radius 3 is 2.60 bits per heavy atom. The zero-order chi connectivity index (χ0) is 13.9. The van der Waals surface area contributed by atoms with Crippen LogP contribution in [0.4, 0.5) is 0 Å². The molecule has 2 N–H and O–H groups in total. The van der Waals surface area contributed by atoms with E-state index < -0.39 is 0 Å². The van der Waals surface area contributed by atoms with E-state index in [2.05, 4.69) is 48.7 Å². The maximum atomic E-state index is 3.90. The minimum Gasteiger partial charge on any atom is -0.314 e. The van der Waals surface area contributed by atoms with Crippen LogP contribution in [0.15, 0.2) is 24.3 Å². The molecule has 0 radical (unpaired) electrons.